The number of carboxylic acids is 1. The number of nitriles is 1. The van der Waals surface area contributed by atoms with Gasteiger partial charge < -0.3 is 9.84 Å². The molecule has 106 valence electrons. The number of nitrogens with zero attached hydrogens (tertiary/aromatic N) is 1. The van der Waals surface area contributed by atoms with E-state index in [1.54, 1.807) is 6.07 Å². The maximum Gasteiger partial charge on any atom is 0.339 e. The molecule has 0 heterocycles. The van der Waals surface area contributed by atoms with E-state index in [4.69, 9.17) is 15.1 Å². The maximum absolute atomic E-state index is 13.8. The van der Waals surface area contributed by atoms with Crippen molar-refractivity contribution in [1.82, 2.24) is 0 Å². The van der Waals surface area contributed by atoms with Gasteiger partial charge in [0, 0.05) is 5.56 Å². The molecule has 0 aromatic heterocycles. The highest BCUT2D eigenvalue weighted by Gasteiger charge is 2.17. The van der Waals surface area contributed by atoms with Gasteiger partial charge in [-0.25, -0.2) is 13.6 Å². The van der Waals surface area contributed by atoms with Gasteiger partial charge in [0.1, 0.15) is 24.1 Å². The lowest BCUT2D eigenvalue weighted by Gasteiger charge is -2.11. The topological polar surface area (TPSA) is 70.3 Å². The van der Waals surface area contributed by atoms with E-state index in [0.717, 1.165) is 6.07 Å². The lowest BCUT2D eigenvalue weighted by molar-refractivity contribution is 0.0690. The second-order valence-corrected chi connectivity index (χ2v) is 4.10. The van der Waals surface area contributed by atoms with Crippen molar-refractivity contribution in [3.8, 4) is 11.8 Å². The standard InChI is InChI=1S/C15H9F2NO3/c16-12-6-2-5-11(15(19)20)14(12)21-8-10-4-1-3-9(7-18)13(10)17/h1-6H,8H2,(H,19,20). The molecule has 2 aromatic carbocycles. The van der Waals surface area contributed by atoms with Crippen LogP contribution >= 0.6 is 0 Å². The SMILES string of the molecule is N#Cc1cccc(COc2c(F)cccc2C(=O)O)c1F. The van der Waals surface area contributed by atoms with E-state index in [1.165, 1.54) is 30.3 Å². The molecule has 1 N–H and O–H groups in total. The summed E-state index contributed by atoms with van der Waals surface area (Å²) in [5.74, 6) is -3.44. The van der Waals surface area contributed by atoms with Crippen LogP contribution in [0.25, 0.3) is 0 Å². The number of carboxylic acid groups (broad SMARTS) is 1. The highest BCUT2D eigenvalue weighted by atomic mass is 19.1. The average Bonchev–Trinajstić information content (AvgIpc) is 2.47. The van der Waals surface area contributed by atoms with Crippen LogP contribution in [-0.4, -0.2) is 11.1 Å². The molecular formula is C15H9F2NO3. The Morgan fingerprint density at radius 3 is 2.62 bits per heavy atom. The van der Waals surface area contributed by atoms with Crippen molar-refractivity contribution in [2.45, 2.75) is 6.61 Å². The molecule has 4 nitrogen and oxygen atoms in total. The molecule has 0 bridgehead atoms. The van der Waals surface area contributed by atoms with Crippen molar-refractivity contribution >= 4 is 5.97 Å². The Hall–Kier alpha value is -2.94. The molecule has 0 fully saturated rings. The van der Waals surface area contributed by atoms with Gasteiger partial charge in [-0.15, -0.1) is 0 Å². The molecule has 6 heteroatoms. The number of hydrogen-bond donors (Lipinski definition) is 1. The molecule has 0 aliphatic carbocycles. The van der Waals surface area contributed by atoms with Crippen molar-refractivity contribution in [2.75, 3.05) is 0 Å². The monoisotopic (exact) mass is 289 g/mol. The second kappa shape index (κ2) is 6.01. The lowest BCUT2D eigenvalue weighted by Crippen LogP contribution is -2.06. The molecule has 0 aliphatic heterocycles. The van der Waals surface area contributed by atoms with Gasteiger partial charge in [0.2, 0.25) is 0 Å². The minimum absolute atomic E-state index is 0.0358. The Kier molecular flexibility index (Phi) is 4.14. The molecular weight excluding hydrogens is 280 g/mol. The van der Waals surface area contributed by atoms with Crippen molar-refractivity contribution in [3.63, 3.8) is 0 Å². The van der Waals surface area contributed by atoms with Gasteiger partial charge in [0.25, 0.3) is 0 Å². The lowest BCUT2D eigenvalue weighted by atomic mass is 10.1. The normalized spacial score (nSPS) is 9.95. The Labute approximate surface area is 118 Å². The van der Waals surface area contributed by atoms with Crippen LogP contribution in [0.5, 0.6) is 5.75 Å². The van der Waals surface area contributed by atoms with E-state index in [0.29, 0.717) is 0 Å². The predicted molar refractivity (Wildman–Crippen MR) is 68.8 cm³/mol. The smallest absolute Gasteiger partial charge is 0.339 e. The summed E-state index contributed by atoms with van der Waals surface area (Å²) in [6, 6.07) is 9.27. The summed E-state index contributed by atoms with van der Waals surface area (Å²) in [6.45, 7) is -0.386. The van der Waals surface area contributed by atoms with E-state index < -0.39 is 23.4 Å². The number of ether oxygens (including phenoxy) is 1. The highest BCUT2D eigenvalue weighted by Crippen LogP contribution is 2.24. The van der Waals surface area contributed by atoms with Crippen molar-refractivity contribution in [2.24, 2.45) is 0 Å². The fraction of sp³-hybridized carbons (Fsp3) is 0.0667. The Bertz CT molecular complexity index is 738. The number of para-hydroxylation sites is 1. The van der Waals surface area contributed by atoms with E-state index in [-0.39, 0.29) is 23.3 Å². The van der Waals surface area contributed by atoms with Gasteiger partial charge in [-0.3, -0.25) is 0 Å². The van der Waals surface area contributed by atoms with Crippen LogP contribution in [0.4, 0.5) is 8.78 Å². The zero-order valence-electron chi connectivity index (χ0n) is 10.6. The Morgan fingerprint density at radius 2 is 1.95 bits per heavy atom. The fourth-order valence-electron chi connectivity index (χ4n) is 1.75. The fourth-order valence-corrected chi connectivity index (χ4v) is 1.75. The van der Waals surface area contributed by atoms with Crippen LogP contribution < -0.4 is 4.74 Å². The van der Waals surface area contributed by atoms with Crippen LogP contribution in [0.3, 0.4) is 0 Å². The van der Waals surface area contributed by atoms with E-state index >= 15 is 0 Å². The first-order valence-corrected chi connectivity index (χ1v) is 5.86. The zero-order valence-corrected chi connectivity index (χ0v) is 10.6. The summed E-state index contributed by atoms with van der Waals surface area (Å²) in [6.07, 6.45) is 0. The summed E-state index contributed by atoms with van der Waals surface area (Å²) >= 11 is 0. The third-order valence-corrected chi connectivity index (χ3v) is 2.77. The molecule has 0 aliphatic rings. The van der Waals surface area contributed by atoms with Gasteiger partial charge in [0.15, 0.2) is 11.6 Å². The third kappa shape index (κ3) is 2.98. The quantitative estimate of drug-likeness (QED) is 0.938. The number of rotatable bonds is 4. The maximum atomic E-state index is 13.8. The summed E-state index contributed by atoms with van der Waals surface area (Å²) in [4.78, 5) is 11.0. The Morgan fingerprint density at radius 1 is 1.24 bits per heavy atom. The molecule has 2 aromatic rings. The minimum Gasteiger partial charge on any atom is -0.485 e. The molecule has 0 saturated heterocycles. The molecule has 0 saturated carbocycles. The summed E-state index contributed by atoms with van der Waals surface area (Å²) in [5, 5.41) is 17.7. The number of carbonyl (C=O) groups is 1. The van der Waals surface area contributed by atoms with Gasteiger partial charge >= 0.3 is 5.97 Å². The minimum atomic E-state index is -1.35. The van der Waals surface area contributed by atoms with E-state index in [2.05, 4.69) is 0 Å². The van der Waals surface area contributed by atoms with E-state index in [1.807, 2.05) is 0 Å². The van der Waals surface area contributed by atoms with Gasteiger partial charge in [-0.2, -0.15) is 5.26 Å². The van der Waals surface area contributed by atoms with Gasteiger partial charge in [-0.05, 0) is 18.2 Å². The molecule has 0 amide bonds. The largest absolute Gasteiger partial charge is 0.485 e. The van der Waals surface area contributed by atoms with Crippen LogP contribution in [0.15, 0.2) is 36.4 Å². The average molecular weight is 289 g/mol. The van der Waals surface area contributed by atoms with Crippen LogP contribution in [0.2, 0.25) is 0 Å². The third-order valence-electron chi connectivity index (χ3n) is 2.77. The van der Waals surface area contributed by atoms with Crippen molar-refractivity contribution < 1.29 is 23.4 Å². The van der Waals surface area contributed by atoms with Gasteiger partial charge in [-0.1, -0.05) is 18.2 Å². The number of benzene rings is 2. The molecule has 21 heavy (non-hydrogen) atoms. The van der Waals surface area contributed by atoms with Crippen LogP contribution in [-0.2, 0) is 6.61 Å². The molecule has 0 unspecified atom stereocenters. The molecule has 0 atom stereocenters. The number of halogens is 2. The summed E-state index contributed by atoms with van der Waals surface area (Å²) in [5.41, 5.74) is -0.483. The second-order valence-electron chi connectivity index (χ2n) is 4.10. The molecule has 0 spiro atoms. The zero-order chi connectivity index (χ0) is 15.4. The summed E-state index contributed by atoms with van der Waals surface area (Å²) < 4.78 is 32.5. The first kappa shape index (κ1) is 14.5. The van der Waals surface area contributed by atoms with E-state index in [9.17, 15) is 13.6 Å². The van der Waals surface area contributed by atoms with Gasteiger partial charge in [0.05, 0.1) is 5.56 Å². The Balaban J connectivity index is 2.30. The van der Waals surface area contributed by atoms with Crippen molar-refractivity contribution in [1.29, 1.82) is 5.26 Å². The summed E-state index contributed by atoms with van der Waals surface area (Å²) in [7, 11) is 0. The first-order chi connectivity index (χ1) is 10.0. The first-order valence-electron chi connectivity index (χ1n) is 5.86. The van der Waals surface area contributed by atoms with Crippen LogP contribution in [0, 0.1) is 23.0 Å². The predicted octanol–water partition coefficient (Wildman–Crippen LogP) is 3.11. The molecule has 0 radical (unpaired) electrons. The van der Waals surface area contributed by atoms with Crippen LogP contribution in [0.1, 0.15) is 21.5 Å². The number of hydrogen-bond acceptors (Lipinski definition) is 3. The van der Waals surface area contributed by atoms with Crippen molar-refractivity contribution in [3.05, 3.63) is 64.7 Å². The molecule has 2 rings (SSSR count). The highest BCUT2D eigenvalue weighted by molar-refractivity contribution is 5.90. The number of aromatic carboxylic acids is 1.